The van der Waals surface area contributed by atoms with Crippen molar-refractivity contribution >= 4 is 6.09 Å². The summed E-state index contributed by atoms with van der Waals surface area (Å²) in [4.78, 5) is 13.4. The molecule has 0 spiro atoms. The van der Waals surface area contributed by atoms with Crippen LogP contribution < -0.4 is 0 Å². The Hall–Kier alpha value is -0.940. The van der Waals surface area contributed by atoms with Crippen LogP contribution in [0.5, 0.6) is 0 Å². The van der Waals surface area contributed by atoms with Gasteiger partial charge in [-0.2, -0.15) is 13.2 Å². The second kappa shape index (κ2) is 5.45. The highest BCUT2D eigenvalue weighted by Gasteiger charge is 2.62. The number of hydrogen-bond acceptors (Lipinski definition) is 2. The van der Waals surface area contributed by atoms with Crippen LogP contribution >= 0.6 is 0 Å². The average Bonchev–Trinajstić information content (AvgIpc) is 2.32. The van der Waals surface area contributed by atoms with E-state index < -0.39 is 17.9 Å². The maximum absolute atomic E-state index is 13.0. The molecule has 2 rings (SSSR count). The summed E-state index contributed by atoms with van der Waals surface area (Å²) in [6.07, 6.45) is -3.34. The maximum Gasteiger partial charge on any atom is 0.428 e. The Bertz CT molecular complexity index is 356. The van der Waals surface area contributed by atoms with Crippen molar-refractivity contribution in [2.45, 2.75) is 57.7 Å². The first-order valence-corrected chi connectivity index (χ1v) is 7.30. The van der Waals surface area contributed by atoms with Crippen LogP contribution in [0.4, 0.5) is 18.0 Å². The largest absolute Gasteiger partial charge is 0.433 e. The van der Waals surface area contributed by atoms with Gasteiger partial charge in [0.1, 0.15) is 0 Å². The minimum Gasteiger partial charge on any atom is -0.433 e. The van der Waals surface area contributed by atoms with Gasteiger partial charge >= 0.3 is 12.3 Å². The highest BCUT2D eigenvalue weighted by Crippen LogP contribution is 2.48. The standard InChI is InChI=1S/C14H22F3NO2/c1-10(2)11-4-8-18(9-5-11)12(19)20-13(6-3-7-13)14(15,16)17/h10-11H,3-9H2,1-2H3. The number of halogens is 3. The molecule has 2 fully saturated rings. The molecule has 0 aromatic rings. The third-order valence-corrected chi connectivity index (χ3v) is 4.70. The molecule has 2 aliphatic rings. The molecular weight excluding hydrogens is 271 g/mol. The summed E-state index contributed by atoms with van der Waals surface area (Å²) in [5, 5.41) is 0. The van der Waals surface area contributed by atoms with Gasteiger partial charge in [0.2, 0.25) is 5.60 Å². The van der Waals surface area contributed by atoms with E-state index in [1.165, 1.54) is 4.90 Å². The molecular formula is C14H22F3NO2. The van der Waals surface area contributed by atoms with Gasteiger partial charge in [-0.25, -0.2) is 4.79 Å². The zero-order valence-electron chi connectivity index (χ0n) is 12.0. The Kier molecular flexibility index (Phi) is 4.21. The number of alkyl halides is 3. The topological polar surface area (TPSA) is 29.5 Å². The molecule has 0 N–H and O–H groups in total. The molecule has 1 heterocycles. The molecule has 1 aliphatic heterocycles. The number of rotatable bonds is 2. The van der Waals surface area contributed by atoms with Crippen LogP contribution in [0.3, 0.4) is 0 Å². The first-order chi connectivity index (χ1) is 9.25. The maximum atomic E-state index is 13.0. The van der Waals surface area contributed by atoms with Crippen molar-refractivity contribution in [1.29, 1.82) is 0 Å². The number of likely N-dealkylation sites (tertiary alicyclic amines) is 1. The van der Waals surface area contributed by atoms with E-state index in [9.17, 15) is 18.0 Å². The quantitative estimate of drug-likeness (QED) is 0.771. The molecule has 116 valence electrons. The second-order valence-electron chi connectivity index (χ2n) is 6.28. The Balaban J connectivity index is 1.90. The van der Waals surface area contributed by atoms with Gasteiger partial charge in [-0.05, 0) is 43.9 Å². The van der Waals surface area contributed by atoms with E-state index >= 15 is 0 Å². The van der Waals surface area contributed by atoms with Gasteiger partial charge in [0, 0.05) is 13.1 Å². The summed E-state index contributed by atoms with van der Waals surface area (Å²) in [6, 6.07) is 0. The van der Waals surface area contributed by atoms with Crippen molar-refractivity contribution in [3.05, 3.63) is 0 Å². The van der Waals surface area contributed by atoms with Gasteiger partial charge in [0.15, 0.2) is 0 Å². The number of ether oxygens (including phenoxy) is 1. The molecule has 1 amide bonds. The van der Waals surface area contributed by atoms with E-state index in [1.807, 2.05) is 0 Å². The lowest BCUT2D eigenvalue weighted by Crippen LogP contribution is -2.56. The van der Waals surface area contributed by atoms with Gasteiger partial charge in [-0.1, -0.05) is 13.8 Å². The average molecular weight is 293 g/mol. The highest BCUT2D eigenvalue weighted by molar-refractivity contribution is 5.68. The van der Waals surface area contributed by atoms with Gasteiger partial charge in [-0.3, -0.25) is 0 Å². The Labute approximate surface area is 117 Å². The monoisotopic (exact) mass is 293 g/mol. The molecule has 0 aromatic carbocycles. The van der Waals surface area contributed by atoms with Crippen LogP contribution in [0.25, 0.3) is 0 Å². The molecule has 1 aliphatic carbocycles. The molecule has 0 aromatic heterocycles. The third-order valence-electron chi connectivity index (χ3n) is 4.70. The second-order valence-corrected chi connectivity index (χ2v) is 6.28. The highest BCUT2D eigenvalue weighted by atomic mass is 19.4. The number of nitrogens with zero attached hydrogens (tertiary/aromatic N) is 1. The van der Waals surface area contributed by atoms with E-state index in [2.05, 4.69) is 13.8 Å². The summed E-state index contributed by atoms with van der Waals surface area (Å²) < 4.78 is 43.7. The minimum atomic E-state index is -4.46. The lowest BCUT2D eigenvalue weighted by atomic mass is 9.79. The summed E-state index contributed by atoms with van der Waals surface area (Å²) in [7, 11) is 0. The van der Waals surface area contributed by atoms with Gasteiger partial charge in [-0.15, -0.1) is 0 Å². The Morgan fingerprint density at radius 3 is 2.15 bits per heavy atom. The van der Waals surface area contributed by atoms with Gasteiger partial charge < -0.3 is 9.64 Å². The van der Waals surface area contributed by atoms with Crippen LogP contribution in [0.1, 0.15) is 46.0 Å². The van der Waals surface area contributed by atoms with E-state index in [4.69, 9.17) is 4.74 Å². The summed E-state index contributed by atoms with van der Waals surface area (Å²) in [6.45, 7) is 5.25. The van der Waals surface area contributed by atoms with Crippen molar-refractivity contribution in [2.24, 2.45) is 11.8 Å². The lowest BCUT2D eigenvalue weighted by molar-refractivity contribution is -0.286. The van der Waals surface area contributed by atoms with Crippen LogP contribution in [0.2, 0.25) is 0 Å². The molecule has 0 atom stereocenters. The number of amides is 1. The fourth-order valence-corrected chi connectivity index (χ4v) is 2.92. The van der Waals surface area contributed by atoms with E-state index in [1.54, 1.807) is 0 Å². The molecule has 6 heteroatoms. The number of piperidine rings is 1. The fraction of sp³-hybridized carbons (Fsp3) is 0.929. The summed E-state index contributed by atoms with van der Waals surface area (Å²) in [5.41, 5.74) is -2.22. The van der Waals surface area contributed by atoms with Crippen LogP contribution in [0, 0.1) is 11.8 Å². The summed E-state index contributed by atoms with van der Waals surface area (Å²) in [5.74, 6) is 1.08. The Morgan fingerprint density at radius 1 is 1.25 bits per heavy atom. The lowest BCUT2D eigenvalue weighted by Gasteiger charge is -2.43. The van der Waals surface area contributed by atoms with Crippen LogP contribution in [-0.2, 0) is 4.74 Å². The van der Waals surface area contributed by atoms with E-state index in [-0.39, 0.29) is 12.8 Å². The minimum absolute atomic E-state index is 0.106. The van der Waals surface area contributed by atoms with E-state index in [0.717, 1.165) is 12.8 Å². The Morgan fingerprint density at radius 2 is 1.80 bits per heavy atom. The molecule has 1 saturated heterocycles. The fourth-order valence-electron chi connectivity index (χ4n) is 2.92. The predicted octanol–water partition coefficient (Wildman–Crippen LogP) is 3.98. The van der Waals surface area contributed by atoms with Crippen LogP contribution in [0.15, 0.2) is 0 Å². The normalized spacial score (nSPS) is 23.6. The van der Waals surface area contributed by atoms with Crippen molar-refractivity contribution < 1.29 is 22.7 Å². The summed E-state index contributed by atoms with van der Waals surface area (Å²) >= 11 is 0. The first-order valence-electron chi connectivity index (χ1n) is 7.30. The number of carbonyl (C=O) groups is 1. The first kappa shape index (κ1) is 15.4. The van der Waals surface area contributed by atoms with Crippen molar-refractivity contribution in [1.82, 2.24) is 4.90 Å². The third kappa shape index (κ3) is 2.88. The van der Waals surface area contributed by atoms with E-state index in [0.29, 0.717) is 31.3 Å². The zero-order chi connectivity index (χ0) is 15.0. The van der Waals surface area contributed by atoms with Gasteiger partial charge in [0.25, 0.3) is 0 Å². The van der Waals surface area contributed by atoms with Crippen molar-refractivity contribution in [2.75, 3.05) is 13.1 Å². The molecule has 0 radical (unpaired) electrons. The van der Waals surface area contributed by atoms with Crippen LogP contribution in [-0.4, -0.2) is 35.9 Å². The van der Waals surface area contributed by atoms with Gasteiger partial charge in [0.05, 0.1) is 0 Å². The molecule has 1 saturated carbocycles. The van der Waals surface area contributed by atoms with Crippen molar-refractivity contribution in [3.8, 4) is 0 Å². The molecule has 3 nitrogen and oxygen atoms in total. The molecule has 0 bridgehead atoms. The number of carbonyl (C=O) groups excluding carboxylic acids is 1. The molecule has 0 unspecified atom stereocenters. The zero-order valence-corrected chi connectivity index (χ0v) is 12.0. The number of hydrogen-bond donors (Lipinski definition) is 0. The smallest absolute Gasteiger partial charge is 0.428 e. The predicted molar refractivity (Wildman–Crippen MR) is 68.3 cm³/mol. The molecule has 20 heavy (non-hydrogen) atoms. The van der Waals surface area contributed by atoms with Crippen molar-refractivity contribution in [3.63, 3.8) is 0 Å². The SMILES string of the molecule is CC(C)C1CCN(C(=O)OC2(C(F)(F)F)CCC2)CC1.